The van der Waals surface area contributed by atoms with Crippen LogP contribution >= 0.6 is 23.2 Å². The molecule has 7 nitrogen and oxygen atoms in total. The summed E-state index contributed by atoms with van der Waals surface area (Å²) in [5.41, 5.74) is 2.63. The summed E-state index contributed by atoms with van der Waals surface area (Å²) in [4.78, 5) is 34.0. The van der Waals surface area contributed by atoms with Gasteiger partial charge in [0.1, 0.15) is 5.54 Å². The lowest BCUT2D eigenvalue weighted by Crippen LogP contribution is -2.47. The molecule has 1 unspecified atom stereocenters. The highest BCUT2D eigenvalue weighted by molar-refractivity contribution is 6.35. The molecule has 1 aromatic carbocycles. The SMILES string of the molecule is CC/C=C(\CCC1(c2ccc(C)nc2)NC(=O)NC1=O)N1CCN(c2cc(Cl)cc(Cl)c2)CC1. The number of anilines is 1. The zero-order valence-corrected chi connectivity index (χ0v) is 20.9. The Morgan fingerprint density at radius 1 is 1.12 bits per heavy atom. The molecule has 3 amide bonds. The van der Waals surface area contributed by atoms with E-state index in [1.54, 1.807) is 12.3 Å². The maximum Gasteiger partial charge on any atom is 0.322 e. The van der Waals surface area contributed by atoms with Crippen molar-refractivity contribution in [2.24, 2.45) is 0 Å². The molecule has 3 heterocycles. The fourth-order valence-corrected chi connectivity index (χ4v) is 5.16. The Morgan fingerprint density at radius 3 is 2.38 bits per heavy atom. The number of carbonyl (C=O) groups excluding carboxylic acids is 2. The molecule has 180 valence electrons. The van der Waals surface area contributed by atoms with Crippen molar-refractivity contribution in [3.8, 4) is 0 Å². The van der Waals surface area contributed by atoms with Crippen molar-refractivity contribution in [2.75, 3.05) is 31.1 Å². The quantitative estimate of drug-likeness (QED) is 0.540. The molecule has 2 saturated heterocycles. The molecule has 4 rings (SSSR count). The number of halogens is 2. The van der Waals surface area contributed by atoms with Crippen LogP contribution in [0.5, 0.6) is 0 Å². The number of benzene rings is 1. The number of piperazine rings is 1. The van der Waals surface area contributed by atoms with Crippen LogP contribution in [-0.4, -0.2) is 48.0 Å². The highest BCUT2D eigenvalue weighted by Crippen LogP contribution is 2.33. The van der Waals surface area contributed by atoms with Gasteiger partial charge in [-0.25, -0.2) is 4.79 Å². The van der Waals surface area contributed by atoms with Gasteiger partial charge in [-0.3, -0.25) is 15.1 Å². The molecule has 0 bridgehead atoms. The van der Waals surface area contributed by atoms with Crippen LogP contribution in [-0.2, 0) is 10.3 Å². The molecular weight excluding hydrogens is 473 g/mol. The third-order valence-corrected chi connectivity index (χ3v) is 6.88. The van der Waals surface area contributed by atoms with Gasteiger partial charge in [0.15, 0.2) is 0 Å². The number of carbonyl (C=O) groups is 2. The number of allylic oxidation sites excluding steroid dienone is 2. The Hall–Kier alpha value is -2.77. The van der Waals surface area contributed by atoms with Gasteiger partial charge in [-0.1, -0.05) is 42.3 Å². The number of imide groups is 1. The van der Waals surface area contributed by atoms with Crippen molar-refractivity contribution in [3.63, 3.8) is 0 Å². The van der Waals surface area contributed by atoms with E-state index in [-0.39, 0.29) is 5.91 Å². The highest BCUT2D eigenvalue weighted by Gasteiger charge is 2.47. The van der Waals surface area contributed by atoms with Crippen molar-refractivity contribution >= 4 is 40.8 Å². The Bertz CT molecular complexity index is 1080. The summed E-state index contributed by atoms with van der Waals surface area (Å²) in [7, 11) is 0. The molecule has 0 radical (unpaired) electrons. The second kappa shape index (κ2) is 10.2. The van der Waals surface area contributed by atoms with E-state index in [2.05, 4.69) is 38.4 Å². The average molecular weight is 502 g/mol. The zero-order chi connectivity index (χ0) is 24.3. The number of hydrogen-bond donors (Lipinski definition) is 2. The predicted molar refractivity (Wildman–Crippen MR) is 135 cm³/mol. The lowest BCUT2D eigenvalue weighted by Gasteiger charge is -2.39. The van der Waals surface area contributed by atoms with Crippen LogP contribution in [0.3, 0.4) is 0 Å². The van der Waals surface area contributed by atoms with Crippen molar-refractivity contribution in [3.05, 3.63) is 69.6 Å². The normalized spacial score (nSPS) is 21.0. The maximum atomic E-state index is 12.9. The molecule has 2 N–H and O–H groups in total. The van der Waals surface area contributed by atoms with Crippen LogP contribution in [0.15, 0.2) is 48.3 Å². The van der Waals surface area contributed by atoms with Gasteiger partial charge >= 0.3 is 6.03 Å². The summed E-state index contributed by atoms with van der Waals surface area (Å²) in [6.07, 6.45) is 5.88. The molecule has 2 aliphatic rings. The Labute approximate surface area is 210 Å². The van der Waals surface area contributed by atoms with E-state index in [0.29, 0.717) is 28.5 Å². The van der Waals surface area contributed by atoms with Crippen LogP contribution in [0, 0.1) is 6.92 Å². The monoisotopic (exact) mass is 501 g/mol. The summed E-state index contributed by atoms with van der Waals surface area (Å²) in [6, 6.07) is 8.87. The number of aryl methyl sites for hydroxylation is 1. The molecule has 2 fully saturated rings. The average Bonchev–Trinajstić information content (AvgIpc) is 3.10. The number of aromatic nitrogens is 1. The zero-order valence-electron chi connectivity index (χ0n) is 19.4. The first-order valence-electron chi connectivity index (χ1n) is 11.5. The highest BCUT2D eigenvalue weighted by atomic mass is 35.5. The van der Waals surface area contributed by atoms with E-state index < -0.39 is 11.6 Å². The van der Waals surface area contributed by atoms with E-state index in [0.717, 1.165) is 44.0 Å². The summed E-state index contributed by atoms with van der Waals surface area (Å²) in [6.45, 7) is 7.35. The number of hydrogen-bond acceptors (Lipinski definition) is 5. The van der Waals surface area contributed by atoms with Gasteiger partial charge in [0, 0.05) is 65.1 Å². The minimum atomic E-state index is -1.12. The molecule has 1 aromatic heterocycles. The Morgan fingerprint density at radius 2 is 1.82 bits per heavy atom. The standard InChI is InChI=1S/C25H29Cl2N5O2/c1-3-4-21(31-9-11-32(12-10-31)22-14-19(26)13-20(27)15-22)7-8-25(23(33)29-24(34)30-25)18-6-5-17(2)28-16-18/h4-6,13-16H,3,7-12H2,1-2H3,(H2,29,30,33,34)/b21-4+. The van der Waals surface area contributed by atoms with Gasteiger partial charge < -0.3 is 15.1 Å². The van der Waals surface area contributed by atoms with Crippen LogP contribution in [0.25, 0.3) is 0 Å². The number of rotatable bonds is 7. The van der Waals surface area contributed by atoms with Crippen LogP contribution in [0.1, 0.15) is 37.4 Å². The van der Waals surface area contributed by atoms with E-state index in [1.165, 1.54) is 5.70 Å². The largest absolute Gasteiger partial charge is 0.372 e. The predicted octanol–water partition coefficient (Wildman–Crippen LogP) is 4.63. The number of nitrogens with zero attached hydrogens (tertiary/aromatic N) is 3. The van der Waals surface area contributed by atoms with Gasteiger partial charge in [-0.05, 0) is 50.5 Å². The number of amides is 3. The van der Waals surface area contributed by atoms with Crippen LogP contribution in [0.4, 0.5) is 10.5 Å². The van der Waals surface area contributed by atoms with E-state index >= 15 is 0 Å². The molecule has 0 saturated carbocycles. The number of pyridine rings is 1. The second-order valence-corrected chi connectivity index (χ2v) is 9.58. The molecule has 2 aromatic rings. The third kappa shape index (κ3) is 5.15. The van der Waals surface area contributed by atoms with Crippen molar-refractivity contribution in [1.29, 1.82) is 0 Å². The molecule has 1 atom stereocenters. The minimum Gasteiger partial charge on any atom is -0.372 e. The maximum absolute atomic E-state index is 12.9. The van der Waals surface area contributed by atoms with E-state index in [9.17, 15) is 9.59 Å². The van der Waals surface area contributed by atoms with Crippen LogP contribution in [0.2, 0.25) is 10.0 Å². The minimum absolute atomic E-state index is 0.332. The van der Waals surface area contributed by atoms with Gasteiger partial charge in [0.2, 0.25) is 0 Å². The Kier molecular flexibility index (Phi) is 7.33. The van der Waals surface area contributed by atoms with Gasteiger partial charge in [0.25, 0.3) is 5.91 Å². The van der Waals surface area contributed by atoms with E-state index in [4.69, 9.17) is 23.2 Å². The molecule has 2 aliphatic heterocycles. The lowest BCUT2D eigenvalue weighted by atomic mass is 9.85. The smallest absolute Gasteiger partial charge is 0.322 e. The molecular formula is C25H29Cl2N5O2. The molecule has 0 spiro atoms. The van der Waals surface area contributed by atoms with Gasteiger partial charge in [-0.15, -0.1) is 0 Å². The summed E-state index contributed by atoms with van der Waals surface area (Å²) < 4.78 is 0. The van der Waals surface area contributed by atoms with Crippen molar-refractivity contribution in [2.45, 2.75) is 38.6 Å². The fraction of sp³-hybridized carbons (Fsp3) is 0.400. The number of urea groups is 1. The van der Waals surface area contributed by atoms with Gasteiger partial charge in [-0.2, -0.15) is 0 Å². The van der Waals surface area contributed by atoms with Crippen molar-refractivity contribution in [1.82, 2.24) is 20.5 Å². The molecule has 34 heavy (non-hydrogen) atoms. The summed E-state index contributed by atoms with van der Waals surface area (Å²) >= 11 is 12.4. The Balaban J connectivity index is 1.48. The third-order valence-electron chi connectivity index (χ3n) is 6.44. The molecule has 0 aliphatic carbocycles. The fourth-order valence-electron chi connectivity index (χ4n) is 4.65. The van der Waals surface area contributed by atoms with Gasteiger partial charge in [0.05, 0.1) is 0 Å². The first-order chi connectivity index (χ1) is 16.3. The van der Waals surface area contributed by atoms with Crippen LogP contribution < -0.4 is 15.5 Å². The second-order valence-electron chi connectivity index (χ2n) is 8.71. The number of nitrogens with one attached hydrogen (secondary N) is 2. The first-order valence-corrected chi connectivity index (χ1v) is 12.3. The lowest BCUT2D eigenvalue weighted by molar-refractivity contribution is -0.124. The van der Waals surface area contributed by atoms with E-state index in [1.807, 2.05) is 31.2 Å². The van der Waals surface area contributed by atoms with Crippen molar-refractivity contribution < 1.29 is 9.59 Å². The summed E-state index contributed by atoms with van der Waals surface area (Å²) in [5, 5.41) is 6.54. The summed E-state index contributed by atoms with van der Waals surface area (Å²) in [5.74, 6) is -0.332. The topological polar surface area (TPSA) is 77.6 Å². The first kappa shape index (κ1) is 24.4. The molecule has 9 heteroatoms.